The summed E-state index contributed by atoms with van der Waals surface area (Å²) in [5, 5.41) is 0. The molecule has 0 spiro atoms. The molecule has 0 amide bonds. The van der Waals surface area contributed by atoms with Crippen LogP contribution in [0.1, 0.15) is 46.5 Å². The van der Waals surface area contributed by atoms with E-state index in [-0.39, 0.29) is 0 Å². The third kappa shape index (κ3) is 4.51. The van der Waals surface area contributed by atoms with Crippen LogP contribution in [-0.2, 0) is 19.1 Å². The first kappa shape index (κ1) is 14.7. The van der Waals surface area contributed by atoms with Crippen molar-refractivity contribution in [3.05, 3.63) is 11.6 Å². The van der Waals surface area contributed by atoms with Gasteiger partial charge in [0.2, 0.25) is 0 Å². The predicted octanol–water partition coefficient (Wildman–Crippen LogP) is 2.62. The Morgan fingerprint density at radius 3 is 2.44 bits per heavy atom. The van der Waals surface area contributed by atoms with Crippen molar-refractivity contribution >= 4 is 11.9 Å². The van der Waals surface area contributed by atoms with E-state index in [1.54, 1.807) is 20.8 Å². The van der Waals surface area contributed by atoms with E-state index in [0.717, 1.165) is 24.8 Å². The first-order chi connectivity index (χ1) is 8.33. The summed E-state index contributed by atoms with van der Waals surface area (Å²) < 4.78 is 9.96. The quantitative estimate of drug-likeness (QED) is 0.439. The largest absolute Gasteiger partial charge is 0.468 e. The van der Waals surface area contributed by atoms with Gasteiger partial charge >= 0.3 is 11.9 Å². The van der Waals surface area contributed by atoms with Crippen molar-refractivity contribution in [2.45, 2.75) is 52.1 Å². The summed E-state index contributed by atoms with van der Waals surface area (Å²) in [6.07, 6.45) is 5.59. The minimum Gasteiger partial charge on any atom is -0.468 e. The molecule has 0 bridgehead atoms. The fraction of sp³-hybridized carbons (Fsp3) is 0.714. The number of esters is 2. The van der Waals surface area contributed by atoms with E-state index in [9.17, 15) is 9.59 Å². The molecule has 0 aromatic rings. The van der Waals surface area contributed by atoms with Crippen molar-refractivity contribution in [1.29, 1.82) is 0 Å². The Kier molecular flexibility index (Phi) is 4.93. The molecule has 0 saturated carbocycles. The smallest absolute Gasteiger partial charge is 0.321 e. The van der Waals surface area contributed by atoms with Gasteiger partial charge in [-0.1, -0.05) is 11.6 Å². The van der Waals surface area contributed by atoms with Crippen molar-refractivity contribution in [3.8, 4) is 0 Å². The normalized spacial score (nSPS) is 17.0. The van der Waals surface area contributed by atoms with Crippen molar-refractivity contribution in [1.82, 2.24) is 0 Å². The summed E-state index contributed by atoms with van der Waals surface area (Å²) in [7, 11) is 1.29. The second kappa shape index (κ2) is 6.03. The van der Waals surface area contributed by atoms with Gasteiger partial charge in [0.1, 0.15) is 5.60 Å². The number of hydrogen-bond acceptors (Lipinski definition) is 4. The molecule has 0 fully saturated rings. The third-order valence-electron chi connectivity index (χ3n) is 2.78. The summed E-state index contributed by atoms with van der Waals surface area (Å²) in [5.41, 5.74) is 0.559. The van der Waals surface area contributed by atoms with E-state index in [0.29, 0.717) is 6.42 Å². The van der Waals surface area contributed by atoms with Crippen LogP contribution < -0.4 is 0 Å². The zero-order valence-electron chi connectivity index (χ0n) is 11.6. The number of carbonyl (C=O) groups excluding carboxylic acids is 2. The molecule has 102 valence electrons. The minimum atomic E-state index is -0.835. The fourth-order valence-corrected chi connectivity index (χ4v) is 1.96. The van der Waals surface area contributed by atoms with Crippen LogP contribution in [0.15, 0.2) is 11.6 Å². The molecular weight excluding hydrogens is 232 g/mol. The molecule has 0 radical (unpaired) electrons. The van der Waals surface area contributed by atoms with E-state index in [4.69, 9.17) is 9.47 Å². The van der Waals surface area contributed by atoms with Crippen molar-refractivity contribution < 1.29 is 19.1 Å². The second-order valence-electron chi connectivity index (χ2n) is 5.57. The average Bonchev–Trinajstić information content (AvgIpc) is 2.75. The fourth-order valence-electron chi connectivity index (χ4n) is 1.96. The molecule has 4 nitrogen and oxygen atoms in total. The molecule has 1 aliphatic carbocycles. The number of methoxy groups -OCH3 is 1. The molecule has 0 N–H and O–H groups in total. The van der Waals surface area contributed by atoms with Crippen LogP contribution in [0.5, 0.6) is 0 Å². The lowest BCUT2D eigenvalue weighted by molar-refractivity contribution is -0.168. The van der Waals surface area contributed by atoms with E-state index in [1.807, 2.05) is 0 Å². The highest BCUT2D eigenvalue weighted by Gasteiger charge is 2.33. The molecule has 1 unspecified atom stereocenters. The Hall–Kier alpha value is -1.32. The standard InChI is InChI=1S/C14H22O4/c1-14(2,3)18-13(16)11(12(15)17-4)9-10-7-5-6-8-10/h7,11H,5-6,8-9H2,1-4H3. The molecule has 1 atom stereocenters. The Labute approximate surface area is 108 Å². The van der Waals surface area contributed by atoms with Crippen molar-refractivity contribution in [2.24, 2.45) is 5.92 Å². The molecule has 0 aromatic heterocycles. The Morgan fingerprint density at radius 1 is 1.33 bits per heavy atom. The summed E-state index contributed by atoms with van der Waals surface area (Å²) in [6.45, 7) is 5.36. The highest BCUT2D eigenvalue weighted by molar-refractivity contribution is 5.95. The van der Waals surface area contributed by atoms with Crippen LogP contribution in [0, 0.1) is 5.92 Å². The lowest BCUT2D eigenvalue weighted by atomic mass is 9.98. The lowest BCUT2D eigenvalue weighted by Crippen LogP contribution is -2.33. The van der Waals surface area contributed by atoms with Gasteiger partial charge in [0, 0.05) is 0 Å². The zero-order valence-corrected chi connectivity index (χ0v) is 11.6. The number of allylic oxidation sites excluding steroid dienone is 2. The van der Waals surface area contributed by atoms with Gasteiger partial charge in [0.15, 0.2) is 5.92 Å². The van der Waals surface area contributed by atoms with Crippen LogP contribution >= 0.6 is 0 Å². The molecule has 0 aliphatic heterocycles. The molecule has 0 heterocycles. The second-order valence-corrected chi connectivity index (χ2v) is 5.57. The first-order valence-electron chi connectivity index (χ1n) is 6.32. The van der Waals surface area contributed by atoms with Crippen LogP contribution in [0.4, 0.5) is 0 Å². The van der Waals surface area contributed by atoms with Crippen LogP contribution in [0.2, 0.25) is 0 Å². The Bertz CT molecular complexity index is 349. The Balaban J connectivity index is 2.71. The molecule has 0 aromatic carbocycles. The van der Waals surface area contributed by atoms with Crippen LogP contribution in [-0.4, -0.2) is 24.6 Å². The van der Waals surface area contributed by atoms with E-state index >= 15 is 0 Å². The molecule has 18 heavy (non-hydrogen) atoms. The number of rotatable bonds is 4. The summed E-state index contributed by atoms with van der Waals surface area (Å²) in [6, 6.07) is 0. The van der Waals surface area contributed by atoms with Crippen LogP contribution in [0.3, 0.4) is 0 Å². The summed E-state index contributed by atoms with van der Waals surface area (Å²) in [4.78, 5) is 23.7. The molecule has 0 saturated heterocycles. The van der Waals surface area contributed by atoms with E-state index in [2.05, 4.69) is 6.08 Å². The maximum Gasteiger partial charge on any atom is 0.321 e. The molecular formula is C14H22O4. The number of hydrogen-bond donors (Lipinski definition) is 0. The van der Waals surface area contributed by atoms with Gasteiger partial charge in [-0.25, -0.2) is 0 Å². The maximum atomic E-state index is 12.0. The summed E-state index contributed by atoms with van der Waals surface area (Å²) in [5.74, 6) is -1.85. The van der Waals surface area contributed by atoms with E-state index < -0.39 is 23.5 Å². The molecule has 1 aliphatic rings. The average molecular weight is 254 g/mol. The number of ether oxygens (including phenoxy) is 2. The SMILES string of the molecule is COC(=O)C(CC1=CCCC1)C(=O)OC(C)(C)C. The van der Waals surface area contributed by atoms with Gasteiger partial charge in [-0.2, -0.15) is 0 Å². The van der Waals surface area contributed by atoms with Gasteiger partial charge in [-0.05, 0) is 46.5 Å². The van der Waals surface area contributed by atoms with Gasteiger partial charge in [0.05, 0.1) is 7.11 Å². The highest BCUT2D eigenvalue weighted by atomic mass is 16.6. The lowest BCUT2D eigenvalue weighted by Gasteiger charge is -2.23. The molecule has 1 rings (SSSR count). The monoisotopic (exact) mass is 254 g/mol. The number of carbonyl (C=O) groups is 2. The third-order valence-corrected chi connectivity index (χ3v) is 2.78. The predicted molar refractivity (Wildman–Crippen MR) is 67.9 cm³/mol. The Morgan fingerprint density at radius 2 is 2.00 bits per heavy atom. The maximum absolute atomic E-state index is 12.0. The van der Waals surface area contributed by atoms with Gasteiger partial charge in [0.25, 0.3) is 0 Å². The van der Waals surface area contributed by atoms with Crippen molar-refractivity contribution in [2.75, 3.05) is 7.11 Å². The van der Waals surface area contributed by atoms with Crippen molar-refractivity contribution in [3.63, 3.8) is 0 Å². The highest BCUT2D eigenvalue weighted by Crippen LogP contribution is 2.26. The zero-order chi connectivity index (χ0) is 13.8. The van der Waals surface area contributed by atoms with E-state index in [1.165, 1.54) is 7.11 Å². The topological polar surface area (TPSA) is 52.6 Å². The van der Waals surface area contributed by atoms with Gasteiger partial charge in [-0.3, -0.25) is 9.59 Å². The van der Waals surface area contributed by atoms with Gasteiger partial charge in [-0.15, -0.1) is 0 Å². The molecule has 4 heteroatoms. The first-order valence-corrected chi connectivity index (χ1v) is 6.32. The summed E-state index contributed by atoms with van der Waals surface area (Å²) >= 11 is 0. The van der Waals surface area contributed by atoms with Crippen LogP contribution in [0.25, 0.3) is 0 Å². The van der Waals surface area contributed by atoms with Gasteiger partial charge < -0.3 is 9.47 Å². The minimum absolute atomic E-state index is 0.418.